The molecule has 2 aromatic rings. The number of rotatable bonds is 3. The highest BCUT2D eigenvalue weighted by atomic mass is 35.5. The molecule has 0 radical (unpaired) electrons. The number of alkyl halides is 2. The van der Waals surface area contributed by atoms with Crippen molar-refractivity contribution in [3.63, 3.8) is 0 Å². The molecular weight excluding hydrogens is 276 g/mol. The van der Waals surface area contributed by atoms with E-state index in [1.807, 2.05) is 0 Å². The number of nitrogens with zero attached hydrogens (tertiary/aromatic N) is 1. The lowest BCUT2D eigenvalue weighted by molar-refractivity contribution is -0.118. The number of fused-ring (bicyclic) bond motifs is 1. The van der Waals surface area contributed by atoms with E-state index in [0.717, 1.165) is 5.52 Å². The van der Waals surface area contributed by atoms with Gasteiger partial charge in [-0.1, -0.05) is 11.6 Å². The first-order valence-corrected chi connectivity index (χ1v) is 6.16. The summed E-state index contributed by atoms with van der Waals surface area (Å²) in [4.78, 5) is 11.8. The minimum Gasteiger partial charge on any atom is -0.324 e. The quantitative estimate of drug-likeness (QED) is 0.910. The van der Waals surface area contributed by atoms with Crippen LogP contribution in [0.3, 0.4) is 0 Å². The van der Waals surface area contributed by atoms with Crippen LogP contribution in [0, 0.1) is 11.8 Å². The van der Waals surface area contributed by atoms with Crippen LogP contribution in [0.5, 0.6) is 0 Å². The van der Waals surface area contributed by atoms with Crippen molar-refractivity contribution in [2.24, 2.45) is 11.8 Å². The van der Waals surface area contributed by atoms with Gasteiger partial charge in [-0.15, -0.1) is 0 Å². The van der Waals surface area contributed by atoms with E-state index in [0.29, 0.717) is 16.1 Å². The van der Waals surface area contributed by atoms with Gasteiger partial charge in [0, 0.05) is 17.2 Å². The standard InChI is InChI=1S/C12H10ClF2N3O/c13-10-7-4-16-18-8(7)1-2-9(10)17-12(19)6-3-5(6)11(14)15/h1-2,4-6,11H,3H2,(H,16,18)(H,17,19)/t5-,6-/m0/s1. The zero-order valence-electron chi connectivity index (χ0n) is 9.66. The molecule has 1 heterocycles. The van der Waals surface area contributed by atoms with Crippen molar-refractivity contribution in [1.82, 2.24) is 10.2 Å². The van der Waals surface area contributed by atoms with E-state index >= 15 is 0 Å². The third kappa shape index (κ3) is 2.16. The number of amides is 1. The van der Waals surface area contributed by atoms with Crippen LogP contribution in [0.25, 0.3) is 10.9 Å². The fourth-order valence-corrected chi connectivity index (χ4v) is 2.36. The van der Waals surface area contributed by atoms with E-state index in [1.54, 1.807) is 18.3 Å². The predicted molar refractivity (Wildman–Crippen MR) is 67.3 cm³/mol. The molecule has 2 atom stereocenters. The van der Waals surface area contributed by atoms with E-state index in [9.17, 15) is 13.6 Å². The fraction of sp³-hybridized carbons (Fsp3) is 0.333. The molecule has 0 saturated heterocycles. The van der Waals surface area contributed by atoms with E-state index in [2.05, 4.69) is 15.5 Å². The Morgan fingerprint density at radius 2 is 2.32 bits per heavy atom. The van der Waals surface area contributed by atoms with E-state index < -0.39 is 24.2 Å². The van der Waals surface area contributed by atoms with Crippen LogP contribution >= 0.6 is 11.6 Å². The zero-order chi connectivity index (χ0) is 13.6. The first-order valence-electron chi connectivity index (χ1n) is 5.78. The third-order valence-corrected chi connectivity index (χ3v) is 3.72. The minimum atomic E-state index is -2.44. The number of hydrogen-bond acceptors (Lipinski definition) is 2. The number of hydrogen-bond donors (Lipinski definition) is 2. The van der Waals surface area contributed by atoms with Gasteiger partial charge in [0.25, 0.3) is 0 Å². The van der Waals surface area contributed by atoms with Crippen LogP contribution in [0.15, 0.2) is 18.3 Å². The molecule has 1 amide bonds. The summed E-state index contributed by atoms with van der Waals surface area (Å²) in [5.74, 6) is -1.84. The predicted octanol–water partition coefficient (Wildman–Crippen LogP) is 3.06. The summed E-state index contributed by atoms with van der Waals surface area (Å²) in [7, 11) is 0. The normalized spacial score (nSPS) is 21.9. The second-order valence-corrected chi connectivity index (χ2v) is 4.97. The maximum atomic E-state index is 12.4. The monoisotopic (exact) mass is 285 g/mol. The van der Waals surface area contributed by atoms with Crippen molar-refractivity contribution < 1.29 is 13.6 Å². The maximum Gasteiger partial charge on any atom is 0.242 e. The molecule has 0 unspecified atom stereocenters. The third-order valence-electron chi connectivity index (χ3n) is 3.32. The van der Waals surface area contributed by atoms with Gasteiger partial charge in [0.2, 0.25) is 12.3 Å². The van der Waals surface area contributed by atoms with Crippen LogP contribution in [-0.4, -0.2) is 22.5 Å². The van der Waals surface area contributed by atoms with Crippen molar-refractivity contribution in [2.45, 2.75) is 12.8 Å². The molecule has 1 aromatic heterocycles. The Morgan fingerprint density at radius 1 is 1.53 bits per heavy atom. The molecule has 3 rings (SSSR count). The van der Waals surface area contributed by atoms with Crippen LogP contribution in [0.2, 0.25) is 5.02 Å². The first kappa shape index (κ1) is 12.3. The van der Waals surface area contributed by atoms with Crippen LogP contribution in [0.1, 0.15) is 6.42 Å². The molecule has 100 valence electrons. The molecule has 7 heteroatoms. The van der Waals surface area contributed by atoms with Crippen molar-refractivity contribution in [2.75, 3.05) is 5.32 Å². The van der Waals surface area contributed by atoms with Crippen molar-refractivity contribution in [3.05, 3.63) is 23.4 Å². The number of carbonyl (C=O) groups excluding carboxylic acids is 1. The maximum absolute atomic E-state index is 12.4. The van der Waals surface area contributed by atoms with Crippen molar-refractivity contribution >= 4 is 34.1 Å². The fourth-order valence-electron chi connectivity index (χ4n) is 2.10. The van der Waals surface area contributed by atoms with Gasteiger partial charge in [0.15, 0.2) is 0 Å². The lowest BCUT2D eigenvalue weighted by Crippen LogP contribution is -2.16. The van der Waals surface area contributed by atoms with E-state index in [4.69, 9.17) is 11.6 Å². The number of benzene rings is 1. The summed E-state index contributed by atoms with van der Waals surface area (Å²) in [5, 5.41) is 10.2. The molecule has 1 saturated carbocycles. The highest BCUT2D eigenvalue weighted by Crippen LogP contribution is 2.44. The number of aromatic amines is 1. The Kier molecular flexibility index (Phi) is 2.89. The van der Waals surface area contributed by atoms with Gasteiger partial charge >= 0.3 is 0 Å². The summed E-state index contributed by atoms with van der Waals surface area (Å²) in [5.41, 5.74) is 1.17. The molecule has 19 heavy (non-hydrogen) atoms. The number of anilines is 1. The average molecular weight is 286 g/mol. The Morgan fingerprint density at radius 3 is 3.00 bits per heavy atom. The summed E-state index contributed by atoms with van der Waals surface area (Å²) in [6, 6.07) is 3.35. The Bertz CT molecular complexity index is 643. The SMILES string of the molecule is O=C(Nc1ccc2[nH]ncc2c1Cl)[C@H]1C[C@@H]1C(F)F. The summed E-state index contributed by atoms with van der Waals surface area (Å²) in [6.45, 7) is 0. The molecule has 1 aliphatic carbocycles. The van der Waals surface area contributed by atoms with Gasteiger partial charge in [0.1, 0.15) is 0 Å². The van der Waals surface area contributed by atoms with E-state index in [-0.39, 0.29) is 6.42 Å². The van der Waals surface area contributed by atoms with Gasteiger partial charge in [-0.3, -0.25) is 9.89 Å². The van der Waals surface area contributed by atoms with Crippen molar-refractivity contribution in [3.8, 4) is 0 Å². The minimum absolute atomic E-state index is 0.231. The number of carbonyl (C=O) groups is 1. The van der Waals surface area contributed by atoms with Crippen molar-refractivity contribution in [1.29, 1.82) is 0 Å². The summed E-state index contributed by atoms with van der Waals surface area (Å²) in [6.07, 6.45) is -0.663. The summed E-state index contributed by atoms with van der Waals surface area (Å²) < 4.78 is 24.8. The number of H-pyrrole nitrogens is 1. The van der Waals surface area contributed by atoms with Gasteiger partial charge in [-0.05, 0) is 18.6 Å². The molecule has 2 N–H and O–H groups in total. The lowest BCUT2D eigenvalue weighted by Gasteiger charge is -2.07. The number of aromatic nitrogens is 2. The topological polar surface area (TPSA) is 57.8 Å². The molecule has 4 nitrogen and oxygen atoms in total. The highest BCUT2D eigenvalue weighted by Gasteiger charge is 2.48. The second-order valence-electron chi connectivity index (χ2n) is 4.59. The van der Waals surface area contributed by atoms with Crippen LogP contribution in [-0.2, 0) is 4.79 Å². The number of nitrogens with one attached hydrogen (secondary N) is 2. The highest BCUT2D eigenvalue weighted by molar-refractivity contribution is 6.38. The Balaban J connectivity index is 1.78. The smallest absolute Gasteiger partial charge is 0.242 e. The largest absolute Gasteiger partial charge is 0.324 e. The van der Waals surface area contributed by atoms with Gasteiger partial charge in [-0.2, -0.15) is 5.10 Å². The first-order chi connectivity index (χ1) is 9.08. The summed E-state index contributed by atoms with van der Waals surface area (Å²) >= 11 is 6.13. The Labute approximate surface area is 112 Å². The second kappa shape index (κ2) is 4.45. The van der Waals surface area contributed by atoms with Crippen LogP contribution in [0.4, 0.5) is 14.5 Å². The zero-order valence-corrected chi connectivity index (χ0v) is 10.4. The molecule has 1 aliphatic rings. The molecule has 0 aliphatic heterocycles. The molecule has 1 aromatic carbocycles. The molecular formula is C12H10ClF2N3O. The molecule has 0 bridgehead atoms. The van der Waals surface area contributed by atoms with Crippen LogP contribution < -0.4 is 5.32 Å². The van der Waals surface area contributed by atoms with Gasteiger partial charge in [0.05, 0.1) is 22.4 Å². The Hall–Kier alpha value is -1.69. The lowest BCUT2D eigenvalue weighted by atomic mass is 10.2. The van der Waals surface area contributed by atoms with Gasteiger partial charge in [-0.25, -0.2) is 8.78 Å². The van der Waals surface area contributed by atoms with E-state index in [1.165, 1.54) is 0 Å². The molecule has 0 spiro atoms. The molecule has 1 fully saturated rings. The number of halogens is 3. The van der Waals surface area contributed by atoms with Gasteiger partial charge < -0.3 is 5.32 Å². The average Bonchev–Trinajstić information content (AvgIpc) is 3.04.